The van der Waals surface area contributed by atoms with Gasteiger partial charge < -0.3 is 14.0 Å². The van der Waals surface area contributed by atoms with Gasteiger partial charge in [0.1, 0.15) is 22.7 Å². The van der Waals surface area contributed by atoms with Gasteiger partial charge in [0, 0.05) is 35.7 Å². The van der Waals surface area contributed by atoms with Gasteiger partial charge in [0.25, 0.3) is 15.6 Å². The van der Waals surface area contributed by atoms with Crippen molar-refractivity contribution in [2.75, 3.05) is 11.8 Å². The Morgan fingerprint density at radius 3 is 2.41 bits per heavy atom. The highest BCUT2D eigenvalue weighted by atomic mass is 32.2. The Labute approximate surface area is 205 Å². The molecule has 0 fully saturated rings. The van der Waals surface area contributed by atoms with E-state index in [9.17, 15) is 30.8 Å². The molecule has 0 aliphatic carbocycles. The third kappa shape index (κ3) is 5.07. The summed E-state index contributed by atoms with van der Waals surface area (Å²) in [5.74, 6) is -3.79. The Morgan fingerprint density at radius 1 is 1.05 bits per heavy atom. The molecular weight excluding hydrogens is 529 g/mol. The molecular formula is C22H16F5N3O6S. The van der Waals surface area contributed by atoms with Gasteiger partial charge >= 0.3 is 6.18 Å². The molecule has 0 radical (unpaired) electrons. The molecule has 4 aromatic rings. The molecule has 15 heteroatoms. The van der Waals surface area contributed by atoms with E-state index in [2.05, 4.69) is 14.4 Å². The van der Waals surface area contributed by atoms with Crippen molar-refractivity contribution in [3.05, 3.63) is 70.7 Å². The first-order valence-corrected chi connectivity index (χ1v) is 11.7. The summed E-state index contributed by atoms with van der Waals surface area (Å²) in [6.45, 7) is 0.681. The van der Waals surface area contributed by atoms with Crippen molar-refractivity contribution in [3.8, 4) is 17.2 Å². The van der Waals surface area contributed by atoms with Gasteiger partial charge in [-0.1, -0.05) is 5.16 Å². The third-order valence-electron chi connectivity index (χ3n) is 5.15. The Balaban J connectivity index is 1.86. The second-order valence-electron chi connectivity index (χ2n) is 7.59. The molecule has 4 rings (SSSR count). The highest BCUT2D eigenvalue weighted by molar-refractivity contribution is 7.92. The number of benzene rings is 2. The first kappa shape index (κ1) is 25.9. The second-order valence-corrected chi connectivity index (χ2v) is 9.25. The standard InChI is InChI=1S/C22H16F5N3O6S/c1-11(22(25,26)27)36-17-10-18(34-2)16(8-13(17)23)30-15-9-14(24)19(7-12(15)3-4-21(30)31)37(32,33)29-20-5-6-35-28-20/h3-11H,1-2H3,(H,28,29)/t11-/m1/s1. The molecule has 1 atom stereocenters. The van der Waals surface area contributed by atoms with Gasteiger partial charge in [0.15, 0.2) is 23.5 Å². The number of rotatable bonds is 7. The molecule has 0 spiro atoms. The van der Waals surface area contributed by atoms with Crippen molar-refractivity contribution in [1.82, 2.24) is 9.72 Å². The van der Waals surface area contributed by atoms with Gasteiger partial charge in [0.05, 0.1) is 18.3 Å². The van der Waals surface area contributed by atoms with E-state index in [1.54, 1.807) is 0 Å². The van der Waals surface area contributed by atoms with Crippen LogP contribution in [0.4, 0.5) is 27.8 Å². The lowest BCUT2D eigenvalue weighted by molar-refractivity contribution is -0.189. The normalized spacial score (nSPS) is 12.9. The maximum absolute atomic E-state index is 15.0. The van der Waals surface area contributed by atoms with Crippen LogP contribution in [0, 0.1) is 11.6 Å². The minimum absolute atomic E-state index is 0.0509. The zero-order valence-electron chi connectivity index (χ0n) is 18.8. The number of halogens is 5. The molecule has 0 amide bonds. The van der Waals surface area contributed by atoms with Crippen LogP contribution in [-0.4, -0.2) is 37.5 Å². The van der Waals surface area contributed by atoms with Crippen molar-refractivity contribution in [3.63, 3.8) is 0 Å². The van der Waals surface area contributed by atoms with Gasteiger partial charge in [-0.3, -0.25) is 14.1 Å². The van der Waals surface area contributed by atoms with Crippen LogP contribution in [0.15, 0.2) is 62.9 Å². The molecule has 37 heavy (non-hydrogen) atoms. The average molecular weight is 545 g/mol. The van der Waals surface area contributed by atoms with Crippen LogP contribution >= 0.6 is 0 Å². The molecule has 9 nitrogen and oxygen atoms in total. The van der Waals surface area contributed by atoms with Crippen molar-refractivity contribution in [2.24, 2.45) is 0 Å². The predicted molar refractivity (Wildman–Crippen MR) is 119 cm³/mol. The van der Waals surface area contributed by atoms with Crippen LogP contribution in [-0.2, 0) is 10.0 Å². The summed E-state index contributed by atoms with van der Waals surface area (Å²) in [7, 11) is -3.35. The van der Waals surface area contributed by atoms with Crippen molar-refractivity contribution >= 4 is 26.7 Å². The second kappa shape index (κ2) is 9.38. The molecule has 0 saturated heterocycles. The number of pyridine rings is 1. The number of ether oxygens (including phenoxy) is 2. The van der Waals surface area contributed by atoms with Gasteiger partial charge in [-0.05, 0) is 19.1 Å². The average Bonchev–Trinajstić information content (AvgIpc) is 3.31. The maximum atomic E-state index is 15.0. The number of anilines is 1. The van der Waals surface area contributed by atoms with E-state index in [4.69, 9.17) is 4.74 Å². The minimum atomic E-state index is -4.77. The molecule has 0 aliphatic rings. The first-order chi connectivity index (χ1) is 17.3. The topological polar surface area (TPSA) is 113 Å². The summed E-state index contributed by atoms with van der Waals surface area (Å²) in [5, 5.41) is 3.45. The van der Waals surface area contributed by atoms with Gasteiger partial charge in [-0.2, -0.15) is 13.2 Å². The number of alkyl halides is 3. The number of hydrogen-bond donors (Lipinski definition) is 1. The van der Waals surface area contributed by atoms with Crippen LogP contribution in [0.3, 0.4) is 0 Å². The minimum Gasteiger partial charge on any atom is -0.494 e. The van der Waals surface area contributed by atoms with Crippen molar-refractivity contribution in [1.29, 1.82) is 0 Å². The monoisotopic (exact) mass is 545 g/mol. The quantitative estimate of drug-likeness (QED) is 0.343. The fraction of sp³-hybridized carbons (Fsp3) is 0.182. The molecule has 0 unspecified atom stereocenters. The van der Waals surface area contributed by atoms with E-state index in [0.717, 1.165) is 42.2 Å². The number of methoxy groups -OCH3 is 1. The van der Waals surface area contributed by atoms with Crippen LogP contribution < -0.4 is 19.8 Å². The fourth-order valence-corrected chi connectivity index (χ4v) is 4.45. The molecule has 0 bridgehead atoms. The van der Waals surface area contributed by atoms with Crippen molar-refractivity contribution in [2.45, 2.75) is 24.1 Å². The molecule has 196 valence electrons. The molecule has 2 aromatic carbocycles. The smallest absolute Gasteiger partial charge is 0.425 e. The predicted octanol–water partition coefficient (Wildman–Crippen LogP) is 4.40. The van der Waals surface area contributed by atoms with Crippen molar-refractivity contribution < 1.29 is 44.4 Å². The van der Waals surface area contributed by atoms with E-state index in [0.29, 0.717) is 13.0 Å². The van der Waals surface area contributed by atoms with Crippen LogP contribution in [0.1, 0.15) is 6.92 Å². The summed E-state index contributed by atoms with van der Waals surface area (Å²) >= 11 is 0. The molecule has 1 N–H and O–H groups in total. The molecule has 0 aliphatic heterocycles. The zero-order chi connectivity index (χ0) is 27.1. The van der Waals surface area contributed by atoms with E-state index < -0.39 is 50.1 Å². The third-order valence-corrected chi connectivity index (χ3v) is 6.52. The fourth-order valence-electron chi connectivity index (χ4n) is 3.36. The Kier molecular flexibility index (Phi) is 6.58. The summed E-state index contributed by atoms with van der Waals surface area (Å²) in [6, 6.07) is 6.60. The summed E-state index contributed by atoms with van der Waals surface area (Å²) in [5.41, 5.74) is -1.27. The van der Waals surface area contributed by atoms with E-state index >= 15 is 4.39 Å². The summed E-state index contributed by atoms with van der Waals surface area (Å²) in [4.78, 5) is 12.0. The summed E-state index contributed by atoms with van der Waals surface area (Å²) < 4.78 is 111. The zero-order valence-corrected chi connectivity index (χ0v) is 19.7. The molecule has 2 aromatic heterocycles. The number of sulfonamides is 1. The molecule has 0 saturated carbocycles. The largest absolute Gasteiger partial charge is 0.494 e. The van der Waals surface area contributed by atoms with Gasteiger partial charge in [-0.25, -0.2) is 17.2 Å². The highest BCUT2D eigenvalue weighted by Crippen LogP contribution is 2.35. The Morgan fingerprint density at radius 2 is 1.78 bits per heavy atom. The molecule has 2 heterocycles. The SMILES string of the molecule is COc1cc(O[C@H](C)C(F)(F)F)c(F)cc1-n1c(=O)ccc2cc(S(=O)(=O)Nc3ccon3)c(F)cc21. The van der Waals surface area contributed by atoms with E-state index in [1.165, 1.54) is 12.1 Å². The number of hydrogen-bond acceptors (Lipinski definition) is 7. The Hall–Kier alpha value is -4.14. The van der Waals surface area contributed by atoms with E-state index in [-0.39, 0.29) is 28.2 Å². The van der Waals surface area contributed by atoms with Gasteiger partial charge in [0.2, 0.25) is 0 Å². The number of nitrogens with zero attached hydrogens (tertiary/aromatic N) is 2. The first-order valence-electron chi connectivity index (χ1n) is 10.2. The number of fused-ring (bicyclic) bond motifs is 1. The maximum Gasteiger partial charge on any atom is 0.425 e. The van der Waals surface area contributed by atoms with Crippen LogP contribution in [0.25, 0.3) is 16.6 Å². The van der Waals surface area contributed by atoms with Gasteiger partial charge in [-0.15, -0.1) is 0 Å². The van der Waals surface area contributed by atoms with Crippen LogP contribution in [0.2, 0.25) is 0 Å². The van der Waals surface area contributed by atoms with E-state index in [1.807, 2.05) is 4.72 Å². The Bertz CT molecular complexity index is 1640. The van der Waals surface area contributed by atoms with Crippen LogP contribution in [0.5, 0.6) is 11.5 Å². The highest BCUT2D eigenvalue weighted by Gasteiger charge is 2.38. The summed E-state index contributed by atoms with van der Waals surface area (Å²) in [6.07, 6.45) is -6.03. The number of nitrogens with one attached hydrogen (secondary N) is 1. The lowest BCUT2D eigenvalue weighted by Crippen LogP contribution is -2.31. The lowest BCUT2D eigenvalue weighted by Gasteiger charge is -2.20. The lowest BCUT2D eigenvalue weighted by atomic mass is 10.1. The number of aromatic nitrogens is 2.